The summed E-state index contributed by atoms with van der Waals surface area (Å²) in [5, 5.41) is 10.00. The minimum absolute atomic E-state index is 0. The van der Waals surface area contributed by atoms with E-state index in [9.17, 15) is 14.7 Å². The Morgan fingerprint density at radius 2 is 1.64 bits per heavy atom. The van der Waals surface area contributed by atoms with Crippen molar-refractivity contribution >= 4 is 40.0 Å². The number of furan rings is 1. The Morgan fingerprint density at radius 3 is 2.23 bits per heavy atom. The number of hydrogen-bond acceptors (Lipinski definition) is 8. The first kappa shape index (κ1) is 31.6. The van der Waals surface area contributed by atoms with E-state index in [1.807, 2.05) is 62.4 Å². The first-order valence-corrected chi connectivity index (χ1v) is 13.3. The average Bonchev–Trinajstić information content (AvgIpc) is 3.49. The molecule has 39 heavy (non-hydrogen) atoms. The van der Waals surface area contributed by atoms with E-state index in [4.69, 9.17) is 4.42 Å². The number of amides is 1. The molecule has 1 amide bonds. The van der Waals surface area contributed by atoms with Gasteiger partial charge in [0.05, 0.1) is 5.69 Å². The number of nitrogens with zero attached hydrogens (tertiary/aromatic N) is 2. The summed E-state index contributed by atoms with van der Waals surface area (Å²) in [5.74, 6) is 0.349. The van der Waals surface area contributed by atoms with E-state index in [1.54, 1.807) is 11.1 Å². The Hall–Kier alpha value is -3.57. The fourth-order valence-electron chi connectivity index (χ4n) is 5.02. The molecule has 3 heterocycles. The standard InChI is InChI=1S/C29H30N2O4S.3H3N/c1-17(2)31(28(32)21-8-6-18(3)7-9-21)23-16-26(36-27(23)29(33)34)20-12-10-19(11-13-20)25-15-22-24(35-25)5-4-14-30-22;;;/h4-5,10-18,21H,6-9H2,1-3H3,(H,33,34);3*1H3. The summed E-state index contributed by atoms with van der Waals surface area (Å²) in [6.45, 7) is 6.12. The highest BCUT2D eigenvalue weighted by molar-refractivity contribution is 7.18. The number of pyridine rings is 1. The van der Waals surface area contributed by atoms with Gasteiger partial charge in [-0.25, -0.2) is 4.79 Å². The van der Waals surface area contributed by atoms with Gasteiger partial charge in [0.2, 0.25) is 5.91 Å². The second-order valence-corrected chi connectivity index (χ2v) is 11.0. The van der Waals surface area contributed by atoms with Crippen LogP contribution in [0.25, 0.3) is 32.9 Å². The number of aromatic nitrogens is 1. The van der Waals surface area contributed by atoms with Crippen LogP contribution < -0.4 is 23.4 Å². The van der Waals surface area contributed by atoms with Gasteiger partial charge in [0, 0.05) is 34.7 Å². The van der Waals surface area contributed by atoms with Gasteiger partial charge in [0.1, 0.15) is 16.2 Å². The van der Waals surface area contributed by atoms with E-state index in [-0.39, 0.29) is 41.2 Å². The first-order chi connectivity index (χ1) is 17.3. The van der Waals surface area contributed by atoms with Crippen molar-refractivity contribution in [2.75, 3.05) is 4.90 Å². The molecule has 1 fully saturated rings. The molecule has 5 rings (SSSR count). The van der Waals surface area contributed by atoms with Gasteiger partial charge in [-0.15, -0.1) is 11.3 Å². The SMILES string of the molecule is CC1CCC(C(=O)N(c2cc(-c3ccc(-c4cc5ncccc5o4)cc3)sc2C(=O)O)C(C)C)CC1.N.N.N. The molecule has 210 valence electrons. The number of carboxylic acid groups (broad SMARTS) is 1. The molecule has 0 atom stereocenters. The second kappa shape index (κ2) is 13.0. The molecule has 0 aliphatic heterocycles. The summed E-state index contributed by atoms with van der Waals surface area (Å²) in [6.07, 6.45) is 5.54. The van der Waals surface area contributed by atoms with Crippen LogP contribution in [0.4, 0.5) is 5.69 Å². The van der Waals surface area contributed by atoms with E-state index in [2.05, 4.69) is 11.9 Å². The van der Waals surface area contributed by atoms with Crippen molar-refractivity contribution in [3.8, 4) is 21.8 Å². The summed E-state index contributed by atoms with van der Waals surface area (Å²) >= 11 is 1.21. The molecule has 1 aromatic carbocycles. The number of benzene rings is 1. The average molecular weight is 554 g/mol. The Kier molecular flexibility index (Phi) is 10.5. The molecule has 0 bridgehead atoms. The Balaban J connectivity index is 0.00000178. The van der Waals surface area contributed by atoms with Gasteiger partial charge in [0.15, 0.2) is 5.58 Å². The van der Waals surface area contributed by atoms with E-state index in [0.29, 0.717) is 11.6 Å². The number of rotatable bonds is 6. The monoisotopic (exact) mass is 553 g/mol. The number of carbonyl (C=O) groups is 2. The maximum atomic E-state index is 13.6. The largest absolute Gasteiger partial charge is 0.477 e. The van der Waals surface area contributed by atoms with Crippen LogP contribution in [0.1, 0.15) is 56.1 Å². The number of fused-ring (bicyclic) bond motifs is 1. The highest BCUT2D eigenvalue weighted by Gasteiger charge is 2.33. The lowest BCUT2D eigenvalue weighted by molar-refractivity contribution is -0.123. The molecule has 4 aromatic rings. The number of carboxylic acids is 1. The minimum atomic E-state index is -1.01. The fourth-order valence-corrected chi connectivity index (χ4v) is 6.02. The number of thiophene rings is 1. The Bertz CT molecular complexity index is 1370. The summed E-state index contributed by atoms with van der Waals surface area (Å²) in [6, 6.07) is 15.2. The van der Waals surface area contributed by atoms with Crippen molar-refractivity contribution in [3.05, 3.63) is 59.6 Å². The molecule has 1 aliphatic rings. The van der Waals surface area contributed by atoms with Gasteiger partial charge in [-0.2, -0.15) is 0 Å². The van der Waals surface area contributed by atoms with E-state index in [1.165, 1.54) is 11.3 Å². The molecular formula is C29H39N5O4S. The zero-order valence-electron chi connectivity index (χ0n) is 22.9. The van der Waals surface area contributed by atoms with Crippen molar-refractivity contribution in [2.24, 2.45) is 11.8 Å². The van der Waals surface area contributed by atoms with Crippen LogP contribution in [0.5, 0.6) is 0 Å². The smallest absolute Gasteiger partial charge is 0.348 e. The third kappa shape index (κ3) is 6.36. The van der Waals surface area contributed by atoms with Crippen LogP contribution in [0.3, 0.4) is 0 Å². The molecule has 3 aromatic heterocycles. The Morgan fingerprint density at radius 1 is 1.00 bits per heavy atom. The van der Waals surface area contributed by atoms with Gasteiger partial charge in [-0.3, -0.25) is 9.78 Å². The number of anilines is 1. The molecule has 0 unspecified atom stereocenters. The minimum Gasteiger partial charge on any atom is -0.477 e. The zero-order chi connectivity index (χ0) is 25.4. The predicted molar refractivity (Wildman–Crippen MR) is 159 cm³/mol. The van der Waals surface area contributed by atoms with E-state index in [0.717, 1.165) is 58.5 Å². The van der Waals surface area contributed by atoms with Gasteiger partial charge in [-0.05, 0) is 69.2 Å². The summed E-state index contributed by atoms with van der Waals surface area (Å²) in [4.78, 5) is 32.8. The zero-order valence-corrected chi connectivity index (χ0v) is 23.7. The number of carbonyl (C=O) groups excluding carboxylic acids is 1. The predicted octanol–water partition coefficient (Wildman–Crippen LogP) is 7.98. The molecule has 10 heteroatoms. The summed E-state index contributed by atoms with van der Waals surface area (Å²) in [5.41, 5.74) is 3.84. The van der Waals surface area contributed by atoms with Crippen LogP contribution in [-0.4, -0.2) is 28.0 Å². The van der Waals surface area contributed by atoms with E-state index < -0.39 is 5.97 Å². The van der Waals surface area contributed by atoms with E-state index >= 15 is 0 Å². The quantitative estimate of drug-likeness (QED) is 0.185. The lowest BCUT2D eigenvalue weighted by atomic mass is 9.82. The number of aromatic carboxylic acids is 1. The third-order valence-corrected chi connectivity index (χ3v) is 8.19. The van der Waals surface area contributed by atoms with Gasteiger partial charge in [0.25, 0.3) is 0 Å². The van der Waals surface area contributed by atoms with Crippen molar-refractivity contribution in [1.29, 1.82) is 0 Å². The van der Waals surface area contributed by atoms with Gasteiger partial charge in [-0.1, -0.05) is 31.2 Å². The summed E-state index contributed by atoms with van der Waals surface area (Å²) < 4.78 is 5.92. The van der Waals surface area contributed by atoms with Crippen molar-refractivity contribution in [3.63, 3.8) is 0 Å². The molecule has 0 saturated heterocycles. The number of hydrogen-bond donors (Lipinski definition) is 4. The normalized spacial score (nSPS) is 16.6. The second-order valence-electron chi connectivity index (χ2n) is 9.96. The van der Waals surface area contributed by atoms with Gasteiger partial charge >= 0.3 is 5.97 Å². The molecule has 0 spiro atoms. The highest BCUT2D eigenvalue weighted by atomic mass is 32.1. The molecule has 0 radical (unpaired) electrons. The summed E-state index contributed by atoms with van der Waals surface area (Å²) in [7, 11) is 0. The molecule has 9 nitrogen and oxygen atoms in total. The first-order valence-electron chi connectivity index (χ1n) is 12.5. The fraction of sp³-hybridized carbons (Fsp3) is 0.345. The van der Waals surface area contributed by atoms with Crippen molar-refractivity contribution < 1.29 is 19.1 Å². The topological polar surface area (TPSA) is 189 Å². The lowest BCUT2D eigenvalue weighted by Crippen LogP contribution is -2.42. The van der Waals surface area contributed by atoms with Crippen molar-refractivity contribution in [2.45, 2.75) is 52.5 Å². The van der Waals surface area contributed by atoms with Crippen LogP contribution in [0, 0.1) is 11.8 Å². The highest BCUT2D eigenvalue weighted by Crippen LogP contribution is 2.40. The molecule has 1 aliphatic carbocycles. The van der Waals surface area contributed by atoms with Crippen LogP contribution in [0.15, 0.2) is 59.1 Å². The van der Waals surface area contributed by atoms with Crippen LogP contribution in [0.2, 0.25) is 0 Å². The molecule has 1 saturated carbocycles. The van der Waals surface area contributed by atoms with Crippen LogP contribution >= 0.6 is 11.3 Å². The maximum absolute atomic E-state index is 13.6. The van der Waals surface area contributed by atoms with Crippen molar-refractivity contribution in [1.82, 2.24) is 23.4 Å². The van der Waals surface area contributed by atoms with Crippen LogP contribution in [-0.2, 0) is 4.79 Å². The molecular weight excluding hydrogens is 514 g/mol. The lowest BCUT2D eigenvalue weighted by Gasteiger charge is -2.33. The maximum Gasteiger partial charge on any atom is 0.348 e. The van der Waals surface area contributed by atoms with Gasteiger partial charge < -0.3 is 32.9 Å². The Labute approximate surface area is 233 Å². The molecule has 10 N–H and O–H groups in total. The third-order valence-electron chi connectivity index (χ3n) is 7.03.